The summed E-state index contributed by atoms with van der Waals surface area (Å²) in [7, 11) is 3.66. The van der Waals surface area contributed by atoms with Crippen LogP contribution in [0, 0.1) is 0 Å². The maximum Gasteiger partial charge on any atom is 0.267 e. The predicted molar refractivity (Wildman–Crippen MR) is 126 cm³/mol. The van der Waals surface area contributed by atoms with E-state index in [9.17, 15) is 9.59 Å². The first kappa shape index (κ1) is 23.1. The molecule has 0 aliphatic heterocycles. The molecule has 0 saturated carbocycles. The average Bonchev–Trinajstić information content (AvgIpc) is 3.24. The average molecular weight is 434 g/mol. The van der Waals surface area contributed by atoms with E-state index in [0.717, 1.165) is 5.56 Å². The van der Waals surface area contributed by atoms with Crippen LogP contribution in [-0.2, 0) is 13.5 Å². The predicted octanol–water partition coefficient (Wildman–Crippen LogP) is 3.93. The third-order valence-corrected chi connectivity index (χ3v) is 5.51. The smallest absolute Gasteiger partial charge is 0.267 e. The summed E-state index contributed by atoms with van der Waals surface area (Å²) < 4.78 is 7.34. The molecular weight excluding hydrogens is 402 g/mol. The summed E-state index contributed by atoms with van der Waals surface area (Å²) in [5, 5.41) is 2.98. The minimum absolute atomic E-state index is 0.0683. The fourth-order valence-electron chi connectivity index (χ4n) is 3.71. The Hall–Kier alpha value is -3.54. The minimum atomic E-state index is -0.116. The molecule has 0 saturated heterocycles. The first-order valence-electron chi connectivity index (χ1n) is 10.9. The van der Waals surface area contributed by atoms with Gasteiger partial charge in [0.05, 0.1) is 6.61 Å². The van der Waals surface area contributed by atoms with Crippen molar-refractivity contribution in [1.82, 2.24) is 14.8 Å². The summed E-state index contributed by atoms with van der Waals surface area (Å²) in [5.41, 5.74) is 2.35. The fourth-order valence-corrected chi connectivity index (χ4v) is 3.71. The van der Waals surface area contributed by atoms with Crippen molar-refractivity contribution in [3.63, 3.8) is 0 Å². The largest absolute Gasteiger partial charge is 0.494 e. The second kappa shape index (κ2) is 11.2. The number of aromatic nitrogens is 1. The van der Waals surface area contributed by atoms with E-state index >= 15 is 0 Å². The summed E-state index contributed by atoms with van der Waals surface area (Å²) in [6.07, 6.45) is 3.18. The molecule has 0 radical (unpaired) electrons. The van der Waals surface area contributed by atoms with Gasteiger partial charge in [-0.1, -0.05) is 36.4 Å². The van der Waals surface area contributed by atoms with Gasteiger partial charge in [0.25, 0.3) is 11.8 Å². The molecular formula is C26H31N3O3. The Labute approximate surface area is 189 Å². The standard InChI is InChI=1S/C26H31N3O3/c1-4-32-23-13-8-12-21(19-23)26(31)29(3)22(18-20-10-6-5-7-11-20)15-16-27-25(30)24-14-9-17-28(24)2/h5-14,17,19,22H,4,15-16,18H2,1-3H3,(H,27,30). The second-order valence-corrected chi connectivity index (χ2v) is 7.77. The third kappa shape index (κ3) is 6.00. The van der Waals surface area contributed by atoms with Crippen molar-refractivity contribution in [3.05, 3.63) is 89.7 Å². The first-order valence-corrected chi connectivity index (χ1v) is 10.9. The van der Waals surface area contributed by atoms with Gasteiger partial charge in [0, 0.05) is 38.4 Å². The number of carbonyl (C=O) groups excluding carboxylic acids is 2. The number of likely N-dealkylation sites (N-methyl/N-ethyl adjacent to an activating group) is 1. The molecule has 1 heterocycles. The van der Waals surface area contributed by atoms with Crippen LogP contribution < -0.4 is 10.1 Å². The van der Waals surface area contributed by atoms with Crippen LogP contribution in [0.3, 0.4) is 0 Å². The van der Waals surface area contributed by atoms with Crippen LogP contribution >= 0.6 is 0 Å². The molecule has 2 aromatic carbocycles. The summed E-state index contributed by atoms with van der Waals surface area (Å²) in [6.45, 7) is 2.93. The lowest BCUT2D eigenvalue weighted by atomic mass is 10.0. The van der Waals surface area contributed by atoms with Crippen LogP contribution in [0.25, 0.3) is 0 Å². The second-order valence-electron chi connectivity index (χ2n) is 7.77. The van der Waals surface area contributed by atoms with Gasteiger partial charge in [-0.2, -0.15) is 0 Å². The van der Waals surface area contributed by atoms with Crippen molar-refractivity contribution < 1.29 is 14.3 Å². The van der Waals surface area contributed by atoms with Crippen molar-refractivity contribution in [2.45, 2.75) is 25.8 Å². The Morgan fingerprint density at radius 2 is 1.84 bits per heavy atom. The molecule has 3 aromatic rings. The molecule has 1 N–H and O–H groups in total. The van der Waals surface area contributed by atoms with Gasteiger partial charge in [-0.3, -0.25) is 9.59 Å². The van der Waals surface area contributed by atoms with E-state index in [2.05, 4.69) is 17.4 Å². The zero-order chi connectivity index (χ0) is 22.9. The van der Waals surface area contributed by atoms with Gasteiger partial charge < -0.3 is 19.5 Å². The summed E-state index contributed by atoms with van der Waals surface area (Å²) in [5.74, 6) is 0.497. The zero-order valence-corrected chi connectivity index (χ0v) is 19.0. The van der Waals surface area contributed by atoms with E-state index in [-0.39, 0.29) is 17.9 Å². The number of hydrogen-bond acceptors (Lipinski definition) is 3. The lowest BCUT2D eigenvalue weighted by Crippen LogP contribution is -2.41. The van der Waals surface area contributed by atoms with Gasteiger partial charge in [0.1, 0.15) is 11.4 Å². The molecule has 1 unspecified atom stereocenters. The van der Waals surface area contributed by atoms with Gasteiger partial charge in [0.2, 0.25) is 0 Å². The molecule has 0 aliphatic carbocycles. The highest BCUT2D eigenvalue weighted by Gasteiger charge is 2.22. The van der Waals surface area contributed by atoms with Crippen molar-refractivity contribution in [3.8, 4) is 5.75 Å². The van der Waals surface area contributed by atoms with Crippen molar-refractivity contribution in [1.29, 1.82) is 0 Å². The van der Waals surface area contributed by atoms with Crippen LogP contribution in [0.1, 0.15) is 39.8 Å². The molecule has 0 fully saturated rings. The highest BCUT2D eigenvalue weighted by molar-refractivity contribution is 5.94. The molecule has 3 rings (SSSR count). The van der Waals surface area contributed by atoms with Gasteiger partial charge in [-0.25, -0.2) is 0 Å². The van der Waals surface area contributed by atoms with E-state index in [4.69, 9.17) is 4.74 Å². The Morgan fingerprint density at radius 3 is 2.53 bits per heavy atom. The number of amides is 2. The number of nitrogens with zero attached hydrogens (tertiary/aromatic N) is 2. The quantitative estimate of drug-likeness (QED) is 0.527. The number of aryl methyl sites for hydroxylation is 1. The topological polar surface area (TPSA) is 63.6 Å². The Kier molecular flexibility index (Phi) is 8.08. The molecule has 32 heavy (non-hydrogen) atoms. The Balaban J connectivity index is 1.71. The number of benzene rings is 2. The van der Waals surface area contributed by atoms with Gasteiger partial charge >= 0.3 is 0 Å². The normalized spacial score (nSPS) is 11.6. The first-order chi connectivity index (χ1) is 15.5. The maximum atomic E-state index is 13.2. The maximum absolute atomic E-state index is 13.2. The number of nitrogens with one attached hydrogen (secondary N) is 1. The lowest BCUT2D eigenvalue weighted by Gasteiger charge is -2.29. The molecule has 6 nitrogen and oxygen atoms in total. The molecule has 2 amide bonds. The van der Waals surface area contributed by atoms with Crippen molar-refractivity contribution in [2.75, 3.05) is 20.2 Å². The molecule has 0 bridgehead atoms. The SMILES string of the molecule is CCOc1cccc(C(=O)N(C)C(CCNC(=O)c2cccn2C)Cc2ccccc2)c1. The third-order valence-electron chi connectivity index (χ3n) is 5.51. The molecule has 0 aliphatic rings. The van der Waals surface area contributed by atoms with Crippen LogP contribution in [0.2, 0.25) is 0 Å². The van der Waals surface area contributed by atoms with Gasteiger partial charge in [-0.15, -0.1) is 0 Å². The number of ether oxygens (including phenoxy) is 1. The number of hydrogen-bond donors (Lipinski definition) is 1. The Bertz CT molecular complexity index is 1030. The highest BCUT2D eigenvalue weighted by Crippen LogP contribution is 2.18. The van der Waals surface area contributed by atoms with Gasteiger partial charge in [-0.05, 0) is 55.7 Å². The zero-order valence-electron chi connectivity index (χ0n) is 19.0. The van der Waals surface area contributed by atoms with Crippen LogP contribution in [0.4, 0.5) is 0 Å². The monoisotopic (exact) mass is 433 g/mol. The lowest BCUT2D eigenvalue weighted by molar-refractivity contribution is 0.0722. The summed E-state index contributed by atoms with van der Waals surface area (Å²) in [6, 6.07) is 20.9. The minimum Gasteiger partial charge on any atom is -0.494 e. The Morgan fingerprint density at radius 1 is 1.06 bits per heavy atom. The van der Waals surface area contributed by atoms with E-state index in [0.29, 0.717) is 43.0 Å². The van der Waals surface area contributed by atoms with E-state index < -0.39 is 0 Å². The molecule has 1 aromatic heterocycles. The highest BCUT2D eigenvalue weighted by atomic mass is 16.5. The molecule has 0 spiro atoms. The van der Waals surface area contributed by atoms with Crippen LogP contribution in [0.15, 0.2) is 72.9 Å². The number of rotatable bonds is 10. The van der Waals surface area contributed by atoms with E-state index in [1.807, 2.05) is 63.6 Å². The van der Waals surface area contributed by atoms with E-state index in [1.54, 1.807) is 27.7 Å². The molecule has 168 valence electrons. The summed E-state index contributed by atoms with van der Waals surface area (Å²) >= 11 is 0. The van der Waals surface area contributed by atoms with Crippen LogP contribution in [0.5, 0.6) is 5.75 Å². The molecule has 1 atom stereocenters. The van der Waals surface area contributed by atoms with E-state index in [1.165, 1.54) is 0 Å². The van der Waals surface area contributed by atoms with Crippen LogP contribution in [-0.4, -0.2) is 47.5 Å². The number of carbonyl (C=O) groups is 2. The van der Waals surface area contributed by atoms with Crippen molar-refractivity contribution in [2.24, 2.45) is 7.05 Å². The van der Waals surface area contributed by atoms with Gasteiger partial charge in [0.15, 0.2) is 0 Å². The molecule has 6 heteroatoms. The fraction of sp³-hybridized carbons (Fsp3) is 0.308. The summed E-state index contributed by atoms with van der Waals surface area (Å²) in [4.78, 5) is 27.5. The van der Waals surface area contributed by atoms with Crippen molar-refractivity contribution >= 4 is 11.8 Å².